The summed E-state index contributed by atoms with van der Waals surface area (Å²) in [5.41, 5.74) is 0.820. The van der Waals surface area contributed by atoms with Crippen LogP contribution in [0.3, 0.4) is 0 Å². The van der Waals surface area contributed by atoms with E-state index in [0.717, 1.165) is 23.5 Å². The van der Waals surface area contributed by atoms with Crippen molar-refractivity contribution in [2.24, 2.45) is 0 Å². The van der Waals surface area contributed by atoms with Crippen LogP contribution in [-0.2, 0) is 0 Å². The third-order valence-electron chi connectivity index (χ3n) is 2.85. The maximum absolute atomic E-state index is 9.46. The summed E-state index contributed by atoms with van der Waals surface area (Å²) in [6.45, 7) is 1.73. The lowest BCUT2D eigenvalue weighted by atomic mass is 10.1. The van der Waals surface area contributed by atoms with E-state index in [1.165, 1.54) is 12.2 Å². The first kappa shape index (κ1) is 13.1. The van der Waals surface area contributed by atoms with E-state index in [9.17, 15) is 5.11 Å². The highest BCUT2D eigenvalue weighted by Gasteiger charge is 2.16. The van der Waals surface area contributed by atoms with Crippen LogP contribution in [-0.4, -0.2) is 22.7 Å². The molecule has 0 amide bonds. The summed E-state index contributed by atoms with van der Waals surface area (Å²) in [4.78, 5) is 0. The second-order valence-electron chi connectivity index (χ2n) is 4.32. The van der Waals surface area contributed by atoms with Gasteiger partial charge in [0.15, 0.2) is 0 Å². The quantitative estimate of drug-likeness (QED) is 0.910. The molecule has 0 bridgehead atoms. The minimum absolute atomic E-state index is 0.267. The molecule has 2 rings (SSSR count). The van der Waals surface area contributed by atoms with Gasteiger partial charge >= 0.3 is 0 Å². The monoisotopic (exact) mass is 272 g/mol. The van der Waals surface area contributed by atoms with E-state index in [2.05, 4.69) is 0 Å². The van der Waals surface area contributed by atoms with Crippen LogP contribution in [0.15, 0.2) is 18.2 Å². The summed E-state index contributed by atoms with van der Waals surface area (Å²) in [6.07, 6.45) is 2.08. The third kappa shape index (κ3) is 3.54. The molecule has 17 heavy (non-hydrogen) atoms. The van der Waals surface area contributed by atoms with Crippen LogP contribution in [0.25, 0.3) is 0 Å². The molecular weight excluding hydrogens is 256 g/mol. The van der Waals surface area contributed by atoms with Crippen molar-refractivity contribution in [3.8, 4) is 5.75 Å². The number of hydrogen-bond acceptors (Lipinski definition) is 3. The zero-order valence-electron chi connectivity index (χ0n) is 9.86. The van der Waals surface area contributed by atoms with Crippen molar-refractivity contribution in [1.29, 1.82) is 0 Å². The van der Waals surface area contributed by atoms with E-state index in [4.69, 9.17) is 16.3 Å². The van der Waals surface area contributed by atoms with Gasteiger partial charge in [0.1, 0.15) is 11.9 Å². The molecule has 1 saturated heterocycles. The number of benzene rings is 1. The van der Waals surface area contributed by atoms with E-state index in [1.807, 2.05) is 23.9 Å². The molecule has 2 atom stereocenters. The minimum atomic E-state index is -0.494. The summed E-state index contributed by atoms with van der Waals surface area (Å²) in [5, 5.41) is 10.0. The van der Waals surface area contributed by atoms with Gasteiger partial charge in [-0.1, -0.05) is 17.7 Å². The normalized spacial score (nSPS) is 22.2. The SMILES string of the molecule is CC(O)c1ccc(OC2CCCSC2)c(Cl)c1. The Morgan fingerprint density at radius 1 is 1.53 bits per heavy atom. The number of aliphatic hydroxyl groups excluding tert-OH is 1. The Morgan fingerprint density at radius 3 is 2.94 bits per heavy atom. The van der Waals surface area contributed by atoms with E-state index in [1.54, 1.807) is 13.0 Å². The number of ether oxygens (including phenoxy) is 1. The van der Waals surface area contributed by atoms with Crippen molar-refractivity contribution >= 4 is 23.4 Å². The molecule has 1 fully saturated rings. The summed E-state index contributed by atoms with van der Waals surface area (Å²) in [6, 6.07) is 5.49. The summed E-state index contributed by atoms with van der Waals surface area (Å²) < 4.78 is 5.89. The van der Waals surface area contributed by atoms with Crippen LogP contribution in [0.5, 0.6) is 5.75 Å². The first-order valence-electron chi connectivity index (χ1n) is 5.88. The highest BCUT2D eigenvalue weighted by molar-refractivity contribution is 7.99. The Kier molecular flexibility index (Phi) is 4.60. The molecule has 2 unspecified atom stereocenters. The van der Waals surface area contributed by atoms with Crippen LogP contribution in [0, 0.1) is 0 Å². The van der Waals surface area contributed by atoms with Gasteiger partial charge < -0.3 is 9.84 Å². The highest BCUT2D eigenvalue weighted by Crippen LogP contribution is 2.30. The molecule has 0 radical (unpaired) electrons. The molecule has 0 saturated carbocycles. The molecular formula is C13H17ClO2S. The first-order chi connectivity index (χ1) is 8.16. The van der Waals surface area contributed by atoms with Gasteiger partial charge in [-0.15, -0.1) is 0 Å². The largest absolute Gasteiger partial charge is 0.488 e. The van der Waals surface area contributed by atoms with Crippen molar-refractivity contribution in [2.75, 3.05) is 11.5 Å². The second-order valence-corrected chi connectivity index (χ2v) is 5.88. The maximum Gasteiger partial charge on any atom is 0.138 e. The fourth-order valence-electron chi connectivity index (χ4n) is 1.86. The van der Waals surface area contributed by atoms with Crippen molar-refractivity contribution in [1.82, 2.24) is 0 Å². The molecule has 0 aliphatic carbocycles. The first-order valence-corrected chi connectivity index (χ1v) is 7.42. The summed E-state index contributed by atoms with van der Waals surface area (Å²) >= 11 is 8.08. The fourth-order valence-corrected chi connectivity index (χ4v) is 3.12. The average molecular weight is 273 g/mol. The van der Waals surface area contributed by atoms with Crippen molar-refractivity contribution in [3.63, 3.8) is 0 Å². The average Bonchev–Trinajstić information content (AvgIpc) is 2.33. The Morgan fingerprint density at radius 2 is 2.35 bits per heavy atom. The number of hydrogen-bond donors (Lipinski definition) is 1. The second kappa shape index (κ2) is 5.98. The molecule has 1 aliphatic rings. The van der Waals surface area contributed by atoms with E-state index in [0.29, 0.717) is 5.02 Å². The molecule has 1 aromatic rings. The Hall–Kier alpha value is -0.380. The van der Waals surface area contributed by atoms with Gasteiger partial charge in [-0.25, -0.2) is 0 Å². The summed E-state index contributed by atoms with van der Waals surface area (Å²) in [5.74, 6) is 2.99. The standard InChI is InChI=1S/C13H17ClO2S/c1-9(15)10-4-5-13(12(14)7-10)16-11-3-2-6-17-8-11/h4-5,7,9,11,15H,2-3,6,8H2,1H3. The molecule has 1 N–H and O–H groups in total. The number of thioether (sulfide) groups is 1. The van der Waals surface area contributed by atoms with Crippen LogP contribution in [0.2, 0.25) is 5.02 Å². The van der Waals surface area contributed by atoms with Gasteiger partial charge in [0.25, 0.3) is 0 Å². The zero-order chi connectivity index (χ0) is 12.3. The lowest BCUT2D eigenvalue weighted by Crippen LogP contribution is -2.23. The van der Waals surface area contributed by atoms with Crippen LogP contribution in [0.4, 0.5) is 0 Å². The molecule has 2 nitrogen and oxygen atoms in total. The number of halogens is 1. The fraction of sp³-hybridized carbons (Fsp3) is 0.538. The Bertz CT molecular complexity index is 376. The predicted molar refractivity (Wildman–Crippen MR) is 73.1 cm³/mol. The third-order valence-corrected chi connectivity index (χ3v) is 4.33. The van der Waals surface area contributed by atoms with Gasteiger partial charge in [-0.2, -0.15) is 11.8 Å². The van der Waals surface area contributed by atoms with Crippen molar-refractivity contribution in [2.45, 2.75) is 32.0 Å². The van der Waals surface area contributed by atoms with E-state index in [-0.39, 0.29) is 6.10 Å². The lowest BCUT2D eigenvalue weighted by Gasteiger charge is -2.23. The number of aliphatic hydroxyl groups is 1. The van der Waals surface area contributed by atoms with Gasteiger partial charge in [0, 0.05) is 5.75 Å². The Balaban J connectivity index is 2.05. The minimum Gasteiger partial charge on any atom is -0.488 e. The lowest BCUT2D eigenvalue weighted by molar-refractivity contribution is 0.198. The maximum atomic E-state index is 9.46. The van der Waals surface area contributed by atoms with Crippen LogP contribution < -0.4 is 4.74 Å². The van der Waals surface area contributed by atoms with Crippen LogP contribution in [0.1, 0.15) is 31.4 Å². The molecule has 94 valence electrons. The van der Waals surface area contributed by atoms with E-state index < -0.39 is 6.10 Å². The van der Waals surface area contributed by atoms with Gasteiger partial charge in [0.05, 0.1) is 11.1 Å². The molecule has 0 spiro atoms. The number of rotatable bonds is 3. The molecule has 1 aliphatic heterocycles. The van der Waals surface area contributed by atoms with Crippen molar-refractivity contribution < 1.29 is 9.84 Å². The van der Waals surface area contributed by atoms with Crippen LogP contribution >= 0.6 is 23.4 Å². The molecule has 1 aromatic carbocycles. The summed E-state index contributed by atoms with van der Waals surface area (Å²) in [7, 11) is 0. The van der Waals surface area contributed by atoms with Gasteiger partial charge in [0.2, 0.25) is 0 Å². The van der Waals surface area contributed by atoms with Gasteiger partial charge in [-0.3, -0.25) is 0 Å². The molecule has 4 heteroatoms. The Labute approximate surface area is 111 Å². The molecule has 1 heterocycles. The zero-order valence-corrected chi connectivity index (χ0v) is 11.4. The van der Waals surface area contributed by atoms with E-state index >= 15 is 0 Å². The highest BCUT2D eigenvalue weighted by atomic mass is 35.5. The van der Waals surface area contributed by atoms with Crippen molar-refractivity contribution in [3.05, 3.63) is 28.8 Å². The predicted octanol–water partition coefficient (Wildman–Crippen LogP) is 3.67. The van der Waals surface area contributed by atoms with Gasteiger partial charge in [-0.05, 0) is 43.2 Å². The molecule has 0 aromatic heterocycles. The topological polar surface area (TPSA) is 29.5 Å². The smallest absolute Gasteiger partial charge is 0.138 e.